The Hall–Kier alpha value is -1.56. The maximum atomic E-state index is 11.9. The molecular formula is C14H14ClNO3S. The normalized spacial score (nSPS) is 12.1. The molecule has 1 aromatic carbocycles. The Bertz CT molecular complexity index is 586. The van der Waals surface area contributed by atoms with Crippen LogP contribution in [0.4, 0.5) is 0 Å². The van der Waals surface area contributed by atoms with E-state index in [1.165, 1.54) is 13.2 Å². The van der Waals surface area contributed by atoms with Crippen molar-refractivity contribution in [3.63, 3.8) is 0 Å². The Morgan fingerprint density at radius 2 is 2.30 bits per heavy atom. The number of methoxy groups -OCH3 is 1. The number of thiophene rings is 1. The Balaban J connectivity index is 2.18. The average molecular weight is 312 g/mol. The topological polar surface area (TPSA) is 58.6 Å². The molecule has 0 radical (unpaired) electrons. The molecule has 0 aliphatic carbocycles. The van der Waals surface area contributed by atoms with Gasteiger partial charge in [0.1, 0.15) is 11.8 Å². The maximum Gasteiger partial charge on any atom is 0.327 e. The minimum absolute atomic E-state index is 0.0164. The van der Waals surface area contributed by atoms with Crippen LogP contribution in [0.5, 0.6) is 5.75 Å². The van der Waals surface area contributed by atoms with Crippen LogP contribution in [-0.4, -0.2) is 18.2 Å². The van der Waals surface area contributed by atoms with Crippen LogP contribution in [0.15, 0.2) is 35.7 Å². The van der Waals surface area contributed by atoms with E-state index in [1.807, 2.05) is 17.5 Å². The van der Waals surface area contributed by atoms with Gasteiger partial charge in [-0.05, 0) is 29.1 Å². The van der Waals surface area contributed by atoms with Gasteiger partial charge in [0.05, 0.1) is 12.1 Å². The second-order valence-electron chi connectivity index (χ2n) is 4.13. The molecule has 0 aliphatic rings. The predicted octanol–water partition coefficient (Wildman–Crippen LogP) is 3.11. The largest absolute Gasteiger partial charge is 0.506 e. The van der Waals surface area contributed by atoms with Gasteiger partial charge in [0.2, 0.25) is 0 Å². The zero-order valence-electron chi connectivity index (χ0n) is 10.8. The van der Waals surface area contributed by atoms with Crippen molar-refractivity contribution in [1.82, 2.24) is 5.32 Å². The number of ether oxygens (including phenoxy) is 1. The van der Waals surface area contributed by atoms with Crippen LogP contribution in [0.2, 0.25) is 5.02 Å². The van der Waals surface area contributed by atoms with Crippen LogP contribution in [-0.2, 0) is 16.1 Å². The Morgan fingerprint density at radius 3 is 2.90 bits per heavy atom. The highest BCUT2D eigenvalue weighted by Crippen LogP contribution is 2.27. The molecule has 1 heterocycles. The van der Waals surface area contributed by atoms with Crippen molar-refractivity contribution in [1.29, 1.82) is 0 Å². The molecule has 6 heteroatoms. The summed E-state index contributed by atoms with van der Waals surface area (Å²) in [6.07, 6.45) is 0. The molecule has 106 valence electrons. The van der Waals surface area contributed by atoms with Gasteiger partial charge < -0.3 is 9.84 Å². The summed E-state index contributed by atoms with van der Waals surface area (Å²) >= 11 is 7.48. The molecule has 1 aromatic heterocycles. The SMILES string of the molecule is COC(=O)C(NCc1cccs1)c1ccc(O)c(Cl)c1. The molecule has 0 aliphatic heterocycles. The molecule has 2 aromatic rings. The molecule has 1 atom stereocenters. The smallest absolute Gasteiger partial charge is 0.327 e. The lowest BCUT2D eigenvalue weighted by atomic mass is 10.1. The summed E-state index contributed by atoms with van der Waals surface area (Å²) in [4.78, 5) is 13.0. The van der Waals surface area contributed by atoms with Gasteiger partial charge in [-0.2, -0.15) is 0 Å². The summed E-state index contributed by atoms with van der Waals surface area (Å²) in [6.45, 7) is 0.552. The van der Waals surface area contributed by atoms with E-state index in [0.29, 0.717) is 12.1 Å². The summed E-state index contributed by atoms with van der Waals surface area (Å²) in [7, 11) is 1.34. The first-order valence-electron chi connectivity index (χ1n) is 5.94. The van der Waals surface area contributed by atoms with Gasteiger partial charge in [0.15, 0.2) is 0 Å². The lowest BCUT2D eigenvalue weighted by Crippen LogP contribution is -2.29. The minimum atomic E-state index is -0.625. The van der Waals surface area contributed by atoms with E-state index < -0.39 is 12.0 Å². The fourth-order valence-corrected chi connectivity index (χ4v) is 2.62. The number of aromatic hydroxyl groups is 1. The molecule has 2 N–H and O–H groups in total. The van der Waals surface area contributed by atoms with Crippen molar-refractivity contribution in [3.05, 3.63) is 51.2 Å². The van der Waals surface area contributed by atoms with Crippen molar-refractivity contribution in [2.24, 2.45) is 0 Å². The van der Waals surface area contributed by atoms with E-state index in [9.17, 15) is 9.90 Å². The highest BCUT2D eigenvalue weighted by Gasteiger charge is 2.21. The van der Waals surface area contributed by atoms with Crippen LogP contribution >= 0.6 is 22.9 Å². The van der Waals surface area contributed by atoms with Gasteiger partial charge in [-0.3, -0.25) is 5.32 Å². The molecule has 0 amide bonds. The fraction of sp³-hybridized carbons (Fsp3) is 0.214. The summed E-state index contributed by atoms with van der Waals surface area (Å²) in [5.74, 6) is -0.416. The maximum absolute atomic E-state index is 11.9. The molecule has 4 nitrogen and oxygen atoms in total. The van der Waals surface area contributed by atoms with E-state index in [4.69, 9.17) is 16.3 Å². The lowest BCUT2D eigenvalue weighted by molar-refractivity contribution is -0.143. The van der Waals surface area contributed by atoms with Gasteiger partial charge in [-0.25, -0.2) is 4.79 Å². The Labute approximate surface area is 126 Å². The second-order valence-corrected chi connectivity index (χ2v) is 5.57. The number of nitrogens with one attached hydrogen (secondary N) is 1. The number of hydrogen-bond donors (Lipinski definition) is 2. The molecule has 0 bridgehead atoms. The second kappa shape index (κ2) is 6.74. The number of hydrogen-bond acceptors (Lipinski definition) is 5. The van der Waals surface area contributed by atoms with Gasteiger partial charge >= 0.3 is 5.97 Å². The molecule has 20 heavy (non-hydrogen) atoms. The fourth-order valence-electron chi connectivity index (χ4n) is 1.77. The Morgan fingerprint density at radius 1 is 1.50 bits per heavy atom. The first-order valence-corrected chi connectivity index (χ1v) is 7.19. The molecular weight excluding hydrogens is 298 g/mol. The highest BCUT2D eigenvalue weighted by atomic mass is 35.5. The first-order chi connectivity index (χ1) is 9.61. The first kappa shape index (κ1) is 14.8. The van der Waals surface area contributed by atoms with Crippen LogP contribution in [0.1, 0.15) is 16.5 Å². The lowest BCUT2D eigenvalue weighted by Gasteiger charge is -2.17. The molecule has 0 spiro atoms. The zero-order valence-corrected chi connectivity index (χ0v) is 12.4. The number of rotatable bonds is 5. The van der Waals surface area contributed by atoms with E-state index in [1.54, 1.807) is 23.5 Å². The summed E-state index contributed by atoms with van der Waals surface area (Å²) < 4.78 is 4.80. The monoisotopic (exact) mass is 311 g/mol. The molecule has 2 rings (SSSR count). The number of carbonyl (C=O) groups excluding carboxylic acids is 1. The minimum Gasteiger partial charge on any atom is -0.506 e. The summed E-state index contributed by atoms with van der Waals surface area (Å²) in [6, 6.07) is 7.97. The van der Waals surface area contributed by atoms with Crippen molar-refractivity contribution in [3.8, 4) is 5.75 Å². The summed E-state index contributed by atoms with van der Waals surface area (Å²) in [5.41, 5.74) is 0.649. The molecule has 1 unspecified atom stereocenters. The van der Waals surface area contributed by atoms with Crippen LogP contribution < -0.4 is 5.32 Å². The van der Waals surface area contributed by atoms with Gasteiger partial charge in [-0.15, -0.1) is 11.3 Å². The molecule has 0 fully saturated rings. The number of phenols is 1. The molecule has 0 saturated carbocycles. The third-order valence-corrected chi connectivity index (χ3v) is 3.98. The van der Waals surface area contributed by atoms with Crippen molar-refractivity contribution in [2.75, 3.05) is 7.11 Å². The number of carbonyl (C=O) groups is 1. The van der Waals surface area contributed by atoms with Crippen molar-refractivity contribution >= 4 is 28.9 Å². The van der Waals surface area contributed by atoms with E-state index >= 15 is 0 Å². The third kappa shape index (κ3) is 3.50. The molecule has 0 saturated heterocycles. The van der Waals surface area contributed by atoms with Crippen molar-refractivity contribution < 1.29 is 14.6 Å². The van der Waals surface area contributed by atoms with Crippen LogP contribution in [0.25, 0.3) is 0 Å². The quantitative estimate of drug-likeness (QED) is 0.833. The van der Waals surface area contributed by atoms with Crippen LogP contribution in [0, 0.1) is 0 Å². The predicted molar refractivity (Wildman–Crippen MR) is 79.0 cm³/mol. The van der Waals surface area contributed by atoms with Gasteiger partial charge in [-0.1, -0.05) is 23.7 Å². The van der Waals surface area contributed by atoms with E-state index in [2.05, 4.69) is 5.32 Å². The standard InChI is InChI=1S/C14H14ClNO3S/c1-19-14(18)13(16-8-10-3-2-6-20-10)9-4-5-12(17)11(15)7-9/h2-7,13,16-17H,8H2,1H3. The number of esters is 1. The number of phenolic OH excluding ortho intramolecular Hbond substituents is 1. The highest BCUT2D eigenvalue weighted by molar-refractivity contribution is 7.09. The summed E-state index contributed by atoms with van der Waals surface area (Å²) in [5, 5.41) is 14.7. The number of halogens is 1. The van der Waals surface area contributed by atoms with E-state index in [-0.39, 0.29) is 10.8 Å². The van der Waals surface area contributed by atoms with Crippen LogP contribution in [0.3, 0.4) is 0 Å². The van der Waals surface area contributed by atoms with Crippen molar-refractivity contribution in [2.45, 2.75) is 12.6 Å². The van der Waals surface area contributed by atoms with E-state index in [0.717, 1.165) is 4.88 Å². The zero-order chi connectivity index (χ0) is 14.5. The average Bonchev–Trinajstić information content (AvgIpc) is 2.95. The third-order valence-electron chi connectivity index (χ3n) is 2.80. The Kier molecular flexibility index (Phi) is 5.00. The number of benzene rings is 1. The van der Waals surface area contributed by atoms with Gasteiger partial charge in [0.25, 0.3) is 0 Å². The van der Waals surface area contributed by atoms with Gasteiger partial charge in [0, 0.05) is 11.4 Å².